The van der Waals surface area contributed by atoms with Crippen molar-refractivity contribution in [2.75, 3.05) is 19.6 Å². The summed E-state index contributed by atoms with van der Waals surface area (Å²) in [5.41, 5.74) is 5.23. The third-order valence-corrected chi connectivity index (χ3v) is 5.32. The van der Waals surface area contributed by atoms with Crippen LogP contribution in [0.25, 0.3) is 0 Å². The van der Waals surface area contributed by atoms with Crippen LogP contribution in [-0.2, 0) is 6.42 Å². The van der Waals surface area contributed by atoms with Crippen LogP contribution >= 0.6 is 0 Å². The van der Waals surface area contributed by atoms with Crippen molar-refractivity contribution in [1.82, 2.24) is 4.90 Å². The van der Waals surface area contributed by atoms with Gasteiger partial charge in [0, 0.05) is 0 Å². The van der Waals surface area contributed by atoms with Crippen molar-refractivity contribution in [2.45, 2.75) is 52.1 Å². The second-order valence-corrected chi connectivity index (χ2v) is 6.72. The Morgan fingerprint density at radius 1 is 1.15 bits per heavy atom. The third kappa shape index (κ3) is 2.77. The molecule has 2 nitrogen and oxygen atoms in total. The number of aryl methyl sites for hydroxylation is 3. The normalized spacial score (nSPS) is 26.8. The predicted octanol–water partition coefficient (Wildman–Crippen LogP) is 3.39. The van der Waals surface area contributed by atoms with E-state index in [1.54, 1.807) is 0 Å². The van der Waals surface area contributed by atoms with Gasteiger partial charge in [0.2, 0.25) is 0 Å². The smallest absolute Gasteiger partial charge is 0.0821 e. The molecule has 1 aromatic rings. The van der Waals surface area contributed by atoms with E-state index in [2.05, 4.69) is 30.9 Å². The van der Waals surface area contributed by atoms with Gasteiger partial charge in [0.25, 0.3) is 0 Å². The first-order valence-corrected chi connectivity index (χ1v) is 8.15. The maximum absolute atomic E-state index is 10.7. The van der Waals surface area contributed by atoms with Crippen molar-refractivity contribution < 1.29 is 5.11 Å². The lowest BCUT2D eigenvalue weighted by molar-refractivity contribution is 0.0820. The minimum Gasteiger partial charge on any atom is -0.388 e. The first kappa shape index (κ1) is 14.1. The topological polar surface area (TPSA) is 23.5 Å². The van der Waals surface area contributed by atoms with Crippen molar-refractivity contribution in [3.63, 3.8) is 0 Å². The molecule has 2 atom stereocenters. The molecule has 0 spiro atoms. The zero-order valence-electron chi connectivity index (χ0n) is 12.9. The van der Waals surface area contributed by atoms with Gasteiger partial charge in [0.1, 0.15) is 0 Å². The molecule has 2 unspecified atom stereocenters. The van der Waals surface area contributed by atoms with Gasteiger partial charge in [0.05, 0.1) is 6.10 Å². The minimum absolute atomic E-state index is 0.249. The van der Waals surface area contributed by atoms with E-state index in [1.807, 2.05) is 0 Å². The van der Waals surface area contributed by atoms with Gasteiger partial charge < -0.3 is 10.0 Å². The average Bonchev–Trinajstić information content (AvgIpc) is 2.94. The van der Waals surface area contributed by atoms with E-state index in [0.717, 1.165) is 19.3 Å². The molecule has 20 heavy (non-hydrogen) atoms. The highest BCUT2D eigenvalue weighted by Crippen LogP contribution is 2.37. The summed E-state index contributed by atoms with van der Waals surface area (Å²) in [7, 11) is 0. The first-order valence-electron chi connectivity index (χ1n) is 8.15. The van der Waals surface area contributed by atoms with Gasteiger partial charge >= 0.3 is 0 Å². The van der Waals surface area contributed by atoms with Crippen molar-refractivity contribution in [3.05, 3.63) is 34.4 Å². The highest BCUT2D eigenvalue weighted by atomic mass is 16.3. The second-order valence-electron chi connectivity index (χ2n) is 6.72. The van der Waals surface area contributed by atoms with E-state index in [4.69, 9.17) is 0 Å². The van der Waals surface area contributed by atoms with Crippen LogP contribution in [0.4, 0.5) is 0 Å². The minimum atomic E-state index is -0.249. The van der Waals surface area contributed by atoms with Crippen molar-refractivity contribution >= 4 is 0 Å². The Bertz CT molecular complexity index is 477. The van der Waals surface area contributed by atoms with Crippen LogP contribution in [-0.4, -0.2) is 29.6 Å². The molecule has 1 N–H and O–H groups in total. The molecule has 1 aliphatic carbocycles. The van der Waals surface area contributed by atoms with Crippen LogP contribution in [0.15, 0.2) is 12.1 Å². The van der Waals surface area contributed by atoms with Gasteiger partial charge in [-0.3, -0.25) is 0 Å². The zero-order valence-corrected chi connectivity index (χ0v) is 12.9. The van der Waals surface area contributed by atoms with E-state index < -0.39 is 0 Å². The largest absolute Gasteiger partial charge is 0.388 e. The summed E-state index contributed by atoms with van der Waals surface area (Å²) in [6.45, 7) is 8.01. The van der Waals surface area contributed by atoms with E-state index in [-0.39, 0.29) is 6.10 Å². The fourth-order valence-corrected chi connectivity index (χ4v) is 3.80. The van der Waals surface area contributed by atoms with Crippen LogP contribution < -0.4 is 0 Å². The molecule has 1 fully saturated rings. The Kier molecular flexibility index (Phi) is 4.13. The second kappa shape index (κ2) is 5.87. The molecule has 2 heteroatoms. The Morgan fingerprint density at radius 3 is 2.60 bits per heavy atom. The molecule has 1 aliphatic heterocycles. The SMILES string of the molecule is Cc1cc2c(cc1C)C(O)C(CCN1CCCC1)CC2. The number of hydrogen-bond donors (Lipinski definition) is 1. The van der Waals surface area contributed by atoms with Gasteiger partial charge in [-0.2, -0.15) is 0 Å². The van der Waals surface area contributed by atoms with Gasteiger partial charge in [0.15, 0.2) is 0 Å². The quantitative estimate of drug-likeness (QED) is 0.912. The molecule has 0 bridgehead atoms. The molecule has 0 aromatic heterocycles. The third-order valence-electron chi connectivity index (χ3n) is 5.32. The molecule has 3 rings (SSSR count). The lowest BCUT2D eigenvalue weighted by Gasteiger charge is -2.32. The molecule has 0 amide bonds. The highest BCUT2D eigenvalue weighted by Gasteiger charge is 2.28. The number of likely N-dealkylation sites (tertiary alicyclic amines) is 1. The fourth-order valence-electron chi connectivity index (χ4n) is 3.80. The van der Waals surface area contributed by atoms with E-state index in [0.29, 0.717) is 5.92 Å². The summed E-state index contributed by atoms with van der Waals surface area (Å²) in [4.78, 5) is 2.56. The number of hydrogen-bond acceptors (Lipinski definition) is 2. The van der Waals surface area contributed by atoms with E-state index in [1.165, 1.54) is 54.7 Å². The molecular formula is C18H27NO. The van der Waals surface area contributed by atoms with Crippen LogP contribution in [0.5, 0.6) is 0 Å². The fraction of sp³-hybridized carbons (Fsp3) is 0.667. The van der Waals surface area contributed by atoms with Gasteiger partial charge in [-0.05, 0) is 93.8 Å². The summed E-state index contributed by atoms with van der Waals surface area (Å²) < 4.78 is 0. The number of rotatable bonds is 3. The number of fused-ring (bicyclic) bond motifs is 1. The lowest BCUT2D eigenvalue weighted by Crippen LogP contribution is -2.27. The van der Waals surface area contributed by atoms with Gasteiger partial charge in [-0.15, -0.1) is 0 Å². The van der Waals surface area contributed by atoms with Gasteiger partial charge in [-0.25, -0.2) is 0 Å². The van der Waals surface area contributed by atoms with E-state index >= 15 is 0 Å². The number of aliphatic hydroxyl groups excluding tert-OH is 1. The van der Waals surface area contributed by atoms with Crippen molar-refractivity contribution in [1.29, 1.82) is 0 Å². The zero-order chi connectivity index (χ0) is 14.1. The Balaban J connectivity index is 1.68. The molecular weight excluding hydrogens is 246 g/mol. The molecule has 2 aliphatic rings. The lowest BCUT2D eigenvalue weighted by atomic mass is 9.78. The monoisotopic (exact) mass is 273 g/mol. The number of aliphatic hydroxyl groups is 1. The average molecular weight is 273 g/mol. The first-order chi connectivity index (χ1) is 9.65. The van der Waals surface area contributed by atoms with Crippen molar-refractivity contribution in [3.8, 4) is 0 Å². The van der Waals surface area contributed by atoms with Crippen LogP contribution in [0.3, 0.4) is 0 Å². The molecule has 0 saturated carbocycles. The van der Waals surface area contributed by atoms with Gasteiger partial charge in [-0.1, -0.05) is 12.1 Å². The predicted molar refractivity (Wildman–Crippen MR) is 83.0 cm³/mol. The van der Waals surface area contributed by atoms with Crippen LogP contribution in [0.1, 0.15) is 54.0 Å². The molecule has 110 valence electrons. The Hall–Kier alpha value is -0.860. The summed E-state index contributed by atoms with van der Waals surface area (Å²) in [6.07, 6.45) is 5.89. The van der Waals surface area contributed by atoms with Crippen molar-refractivity contribution in [2.24, 2.45) is 5.92 Å². The molecule has 1 aromatic carbocycles. The molecule has 1 heterocycles. The standard InChI is InChI=1S/C18H27NO/c1-13-11-16-6-5-15(7-10-19-8-3-4-9-19)18(20)17(16)12-14(13)2/h11-12,15,18,20H,3-10H2,1-2H3. The summed E-state index contributed by atoms with van der Waals surface area (Å²) >= 11 is 0. The number of benzene rings is 1. The maximum atomic E-state index is 10.7. The van der Waals surface area contributed by atoms with E-state index in [9.17, 15) is 5.11 Å². The van der Waals surface area contributed by atoms with Crippen LogP contribution in [0.2, 0.25) is 0 Å². The Labute approximate surface area is 122 Å². The highest BCUT2D eigenvalue weighted by molar-refractivity contribution is 5.40. The Morgan fingerprint density at radius 2 is 1.85 bits per heavy atom. The molecule has 1 saturated heterocycles. The maximum Gasteiger partial charge on any atom is 0.0821 e. The van der Waals surface area contributed by atoms with Crippen LogP contribution in [0, 0.1) is 19.8 Å². The number of nitrogens with zero attached hydrogens (tertiary/aromatic N) is 1. The summed E-state index contributed by atoms with van der Waals surface area (Å²) in [5.74, 6) is 0.449. The summed E-state index contributed by atoms with van der Waals surface area (Å²) in [5, 5.41) is 10.7. The molecule has 0 radical (unpaired) electrons. The summed E-state index contributed by atoms with van der Waals surface area (Å²) in [6, 6.07) is 4.50.